The summed E-state index contributed by atoms with van der Waals surface area (Å²) in [6.07, 6.45) is 0. The Morgan fingerprint density at radius 1 is 1.39 bits per heavy atom. The molecule has 0 aliphatic heterocycles. The summed E-state index contributed by atoms with van der Waals surface area (Å²) in [5.41, 5.74) is 2.76. The minimum absolute atomic E-state index is 0.107. The van der Waals surface area contributed by atoms with Gasteiger partial charge in [0.05, 0.1) is 22.5 Å². The van der Waals surface area contributed by atoms with Crippen molar-refractivity contribution in [1.29, 1.82) is 0 Å². The van der Waals surface area contributed by atoms with Crippen LogP contribution in [0.15, 0.2) is 34.8 Å². The van der Waals surface area contributed by atoms with Gasteiger partial charge in [-0.15, -0.1) is 16.4 Å². The number of anilines is 1. The Bertz CT molecular complexity index is 1000. The van der Waals surface area contributed by atoms with Crippen molar-refractivity contribution < 1.29 is 4.79 Å². The van der Waals surface area contributed by atoms with Crippen molar-refractivity contribution in [2.24, 2.45) is 0 Å². The summed E-state index contributed by atoms with van der Waals surface area (Å²) in [4.78, 5) is 20.7. The Labute approximate surface area is 139 Å². The summed E-state index contributed by atoms with van der Waals surface area (Å²) < 4.78 is 1.92. The van der Waals surface area contributed by atoms with Crippen LogP contribution in [0.5, 0.6) is 0 Å². The molecule has 2 N–H and O–H groups in total. The molecule has 0 aliphatic rings. The lowest BCUT2D eigenvalue weighted by Crippen LogP contribution is -2.14. The van der Waals surface area contributed by atoms with Crippen molar-refractivity contribution in [3.05, 3.63) is 35.3 Å². The van der Waals surface area contributed by atoms with E-state index in [1.54, 1.807) is 0 Å². The van der Waals surface area contributed by atoms with Gasteiger partial charge in [0.25, 0.3) is 0 Å². The first-order valence-corrected chi connectivity index (χ1v) is 8.73. The van der Waals surface area contributed by atoms with Gasteiger partial charge < -0.3 is 5.32 Å². The maximum atomic E-state index is 12.0. The van der Waals surface area contributed by atoms with Crippen molar-refractivity contribution in [2.75, 3.05) is 11.1 Å². The van der Waals surface area contributed by atoms with Crippen molar-refractivity contribution in [3.63, 3.8) is 0 Å². The number of H-pyrrole nitrogens is 1. The molecule has 1 amide bonds. The number of aromatic amines is 1. The number of aryl methyl sites for hydroxylation is 1. The van der Waals surface area contributed by atoms with Crippen LogP contribution < -0.4 is 5.32 Å². The van der Waals surface area contributed by atoms with Gasteiger partial charge in [0.15, 0.2) is 10.3 Å². The topological polar surface area (TPSA) is 88.0 Å². The number of hydrogen-bond acceptors (Lipinski definition) is 6. The van der Waals surface area contributed by atoms with Crippen LogP contribution in [0.2, 0.25) is 0 Å². The van der Waals surface area contributed by atoms with Gasteiger partial charge in [-0.05, 0) is 19.1 Å². The summed E-state index contributed by atoms with van der Waals surface area (Å²) in [7, 11) is 0. The third-order valence-electron chi connectivity index (χ3n) is 3.20. The number of carbonyl (C=O) groups is 1. The van der Waals surface area contributed by atoms with Crippen LogP contribution in [0, 0.1) is 6.92 Å². The molecule has 1 aromatic carbocycles. The molecule has 116 valence electrons. The Balaban J connectivity index is 1.52. The van der Waals surface area contributed by atoms with E-state index >= 15 is 0 Å². The third-order valence-corrected chi connectivity index (χ3v) is 5.02. The van der Waals surface area contributed by atoms with Gasteiger partial charge in [0, 0.05) is 5.38 Å². The lowest BCUT2D eigenvalue weighted by Gasteiger charge is -2.00. The number of nitrogens with one attached hydrogen (secondary N) is 2. The number of aromatic nitrogens is 5. The van der Waals surface area contributed by atoms with Crippen LogP contribution in [0.1, 0.15) is 5.69 Å². The molecular weight excluding hydrogens is 332 g/mol. The first-order chi connectivity index (χ1) is 11.2. The zero-order chi connectivity index (χ0) is 15.8. The predicted octanol–water partition coefficient (Wildman–Crippen LogP) is 2.71. The Morgan fingerprint density at radius 3 is 3.09 bits per heavy atom. The standard InChI is InChI=1S/C14H12N6OS2/c1-8-6-22-13(15-8)17-11(21)7-23-14-19-18-12-16-9-4-2-3-5-10(9)20(12)14/h2-6H,7H2,1H3,(H,16,18)(H,15,17,21). The van der Waals surface area contributed by atoms with Crippen LogP contribution in [0.3, 0.4) is 0 Å². The zero-order valence-corrected chi connectivity index (χ0v) is 13.7. The average molecular weight is 344 g/mol. The molecule has 4 aromatic rings. The number of hydrogen-bond donors (Lipinski definition) is 2. The van der Waals surface area contributed by atoms with Crippen molar-refractivity contribution >= 4 is 50.9 Å². The van der Waals surface area contributed by atoms with Gasteiger partial charge in [-0.3, -0.25) is 9.20 Å². The molecule has 0 radical (unpaired) electrons. The fraction of sp³-hybridized carbons (Fsp3) is 0.143. The molecule has 4 rings (SSSR count). The lowest BCUT2D eigenvalue weighted by atomic mass is 10.3. The number of carbonyl (C=O) groups excluding carboxylic acids is 1. The molecule has 7 nitrogen and oxygen atoms in total. The second-order valence-electron chi connectivity index (χ2n) is 4.90. The monoisotopic (exact) mass is 344 g/mol. The van der Waals surface area contributed by atoms with Gasteiger partial charge >= 0.3 is 0 Å². The molecule has 0 spiro atoms. The fourth-order valence-electron chi connectivity index (χ4n) is 2.24. The number of nitrogens with zero attached hydrogens (tertiary/aromatic N) is 4. The van der Waals surface area contributed by atoms with Gasteiger partial charge in [0.2, 0.25) is 11.7 Å². The number of thiazole rings is 1. The van der Waals surface area contributed by atoms with Gasteiger partial charge in [0.1, 0.15) is 0 Å². The first-order valence-electron chi connectivity index (χ1n) is 6.87. The number of fused-ring (bicyclic) bond motifs is 3. The molecule has 0 aliphatic carbocycles. The summed E-state index contributed by atoms with van der Waals surface area (Å²) in [6.45, 7) is 1.89. The van der Waals surface area contributed by atoms with Crippen molar-refractivity contribution in [1.82, 2.24) is 24.6 Å². The zero-order valence-electron chi connectivity index (χ0n) is 12.1. The van der Waals surface area contributed by atoms with E-state index < -0.39 is 0 Å². The minimum Gasteiger partial charge on any atom is -0.301 e. The maximum absolute atomic E-state index is 12.0. The van der Waals surface area contributed by atoms with E-state index in [1.165, 1.54) is 23.1 Å². The van der Waals surface area contributed by atoms with Crippen LogP contribution in [0.4, 0.5) is 5.13 Å². The molecule has 0 fully saturated rings. The average Bonchev–Trinajstić information content (AvgIpc) is 3.20. The summed E-state index contributed by atoms with van der Waals surface area (Å²) >= 11 is 2.77. The van der Waals surface area contributed by atoms with E-state index in [9.17, 15) is 4.79 Å². The number of para-hydroxylation sites is 2. The molecule has 0 bridgehead atoms. The Hall–Kier alpha value is -2.39. The highest BCUT2D eigenvalue weighted by Crippen LogP contribution is 2.23. The maximum Gasteiger partial charge on any atom is 0.236 e. The number of rotatable bonds is 4. The number of thioether (sulfide) groups is 1. The molecule has 3 aromatic heterocycles. The van der Waals surface area contributed by atoms with Crippen LogP contribution in [-0.2, 0) is 4.79 Å². The summed E-state index contributed by atoms with van der Waals surface area (Å²) in [5, 5.41) is 13.1. The predicted molar refractivity (Wildman–Crippen MR) is 91.0 cm³/mol. The molecule has 3 heterocycles. The number of imidazole rings is 1. The van der Waals surface area contributed by atoms with E-state index in [0.717, 1.165) is 16.7 Å². The SMILES string of the molecule is Cc1csc(NC(=O)CSc2n[nH]c3nc4ccccc4n23)n1. The third kappa shape index (κ3) is 2.68. The minimum atomic E-state index is -0.107. The second kappa shape index (κ2) is 5.67. The second-order valence-corrected chi connectivity index (χ2v) is 6.70. The molecule has 0 saturated heterocycles. The van der Waals surface area contributed by atoms with E-state index in [1.807, 2.05) is 41.0 Å². The van der Waals surface area contributed by atoms with E-state index in [4.69, 9.17) is 0 Å². The normalized spacial score (nSPS) is 11.3. The summed E-state index contributed by atoms with van der Waals surface area (Å²) in [5.74, 6) is 0.819. The molecular formula is C14H12N6OS2. The fourth-order valence-corrected chi connectivity index (χ4v) is 3.70. The van der Waals surface area contributed by atoms with Crippen molar-refractivity contribution in [3.8, 4) is 0 Å². The smallest absolute Gasteiger partial charge is 0.236 e. The van der Waals surface area contributed by atoms with Gasteiger partial charge in [-0.2, -0.15) is 0 Å². The molecule has 0 saturated carbocycles. The highest BCUT2D eigenvalue weighted by Gasteiger charge is 2.14. The van der Waals surface area contributed by atoms with Crippen molar-refractivity contribution in [2.45, 2.75) is 12.1 Å². The van der Waals surface area contributed by atoms with Gasteiger partial charge in [-0.1, -0.05) is 23.9 Å². The molecule has 9 heteroatoms. The molecule has 23 heavy (non-hydrogen) atoms. The summed E-state index contributed by atoms with van der Waals surface area (Å²) in [6, 6.07) is 7.82. The Morgan fingerprint density at radius 2 is 2.26 bits per heavy atom. The van der Waals surface area contributed by atoms with Gasteiger partial charge in [-0.25, -0.2) is 15.1 Å². The number of benzene rings is 1. The quantitative estimate of drug-likeness (QED) is 0.556. The highest BCUT2D eigenvalue weighted by molar-refractivity contribution is 7.99. The van der Waals surface area contributed by atoms with Crippen LogP contribution in [-0.4, -0.2) is 36.2 Å². The largest absolute Gasteiger partial charge is 0.301 e. The number of amides is 1. The van der Waals surface area contributed by atoms with E-state index in [-0.39, 0.29) is 11.7 Å². The molecule has 0 unspecified atom stereocenters. The molecule has 0 atom stereocenters. The van der Waals surface area contributed by atoms with Crippen LogP contribution >= 0.6 is 23.1 Å². The first kappa shape index (κ1) is 14.2. The Kier molecular flexibility index (Phi) is 3.50. The van der Waals surface area contributed by atoms with E-state index in [0.29, 0.717) is 16.1 Å². The lowest BCUT2D eigenvalue weighted by molar-refractivity contribution is -0.113. The van der Waals surface area contributed by atoms with Crippen LogP contribution in [0.25, 0.3) is 16.8 Å². The van der Waals surface area contributed by atoms with E-state index in [2.05, 4.69) is 25.5 Å². The highest BCUT2D eigenvalue weighted by atomic mass is 32.2.